The van der Waals surface area contributed by atoms with E-state index < -0.39 is 9.84 Å². The summed E-state index contributed by atoms with van der Waals surface area (Å²) in [4.78, 5) is 0.230. The van der Waals surface area contributed by atoms with Crippen molar-refractivity contribution in [2.75, 3.05) is 37.1 Å². The van der Waals surface area contributed by atoms with Gasteiger partial charge in [0.15, 0.2) is 9.84 Å². The maximum atomic E-state index is 11.4. The molecule has 0 bridgehead atoms. The van der Waals surface area contributed by atoms with Gasteiger partial charge >= 0.3 is 0 Å². The van der Waals surface area contributed by atoms with Crippen molar-refractivity contribution in [3.05, 3.63) is 18.2 Å². The van der Waals surface area contributed by atoms with Gasteiger partial charge in [0.1, 0.15) is 0 Å². The summed E-state index contributed by atoms with van der Waals surface area (Å²) in [5.74, 6) is 0.641. The quantitative estimate of drug-likeness (QED) is 0.568. The molecule has 1 aromatic carbocycles. The molecule has 1 aromatic rings. The molecule has 1 rings (SSSR count). The van der Waals surface area contributed by atoms with Gasteiger partial charge in [0.2, 0.25) is 0 Å². The molecule has 3 N–H and O–H groups in total. The van der Waals surface area contributed by atoms with E-state index in [9.17, 15) is 8.42 Å². The summed E-state index contributed by atoms with van der Waals surface area (Å²) in [5.41, 5.74) is 6.98. The number of rotatable bonds is 8. The van der Waals surface area contributed by atoms with Crippen LogP contribution in [-0.2, 0) is 14.6 Å². The van der Waals surface area contributed by atoms with E-state index in [1.807, 2.05) is 0 Å². The fourth-order valence-corrected chi connectivity index (χ4v) is 2.27. The third kappa shape index (κ3) is 5.79. The highest BCUT2D eigenvalue weighted by atomic mass is 32.2. The van der Waals surface area contributed by atoms with E-state index in [-0.39, 0.29) is 4.90 Å². The lowest BCUT2D eigenvalue weighted by atomic mass is 10.1. The maximum Gasteiger partial charge on any atom is 0.175 e. The Bertz CT molecular complexity index is 527. The number of hydrogen-bond acceptors (Lipinski definition) is 5. The molecule has 0 amide bonds. The van der Waals surface area contributed by atoms with E-state index in [1.165, 1.54) is 6.07 Å². The lowest BCUT2D eigenvalue weighted by Gasteiger charge is -2.11. The van der Waals surface area contributed by atoms with Crippen molar-refractivity contribution in [3.63, 3.8) is 0 Å². The predicted octanol–water partition coefficient (Wildman–Crippen LogP) is 2.15. The van der Waals surface area contributed by atoms with Gasteiger partial charge in [-0.05, 0) is 30.5 Å². The van der Waals surface area contributed by atoms with Crippen molar-refractivity contribution in [2.24, 2.45) is 5.92 Å². The van der Waals surface area contributed by atoms with Crippen molar-refractivity contribution in [1.82, 2.24) is 0 Å². The molecule has 0 aliphatic heterocycles. The Morgan fingerprint density at radius 3 is 2.55 bits per heavy atom. The van der Waals surface area contributed by atoms with Gasteiger partial charge in [-0.25, -0.2) is 8.42 Å². The van der Waals surface area contributed by atoms with Gasteiger partial charge in [-0.3, -0.25) is 0 Å². The summed E-state index contributed by atoms with van der Waals surface area (Å²) in [5, 5.41) is 3.13. The summed E-state index contributed by atoms with van der Waals surface area (Å²) in [6.45, 7) is 6.31. The number of nitrogens with two attached hydrogens (primary N) is 1. The third-order valence-corrected chi connectivity index (χ3v) is 3.96. The minimum atomic E-state index is -3.22. The summed E-state index contributed by atoms with van der Waals surface area (Å²) in [6.07, 6.45) is 2.21. The van der Waals surface area contributed by atoms with Gasteiger partial charge in [0, 0.05) is 19.4 Å². The van der Waals surface area contributed by atoms with Gasteiger partial charge in [0.05, 0.1) is 22.9 Å². The van der Waals surface area contributed by atoms with Crippen LogP contribution < -0.4 is 11.1 Å². The van der Waals surface area contributed by atoms with Crippen LogP contribution in [0.3, 0.4) is 0 Å². The smallest absolute Gasteiger partial charge is 0.175 e. The van der Waals surface area contributed by atoms with Crippen LogP contribution in [0.25, 0.3) is 0 Å². The lowest BCUT2D eigenvalue weighted by molar-refractivity contribution is 0.132. The van der Waals surface area contributed by atoms with Crippen LogP contribution in [0.2, 0.25) is 0 Å². The van der Waals surface area contributed by atoms with E-state index in [4.69, 9.17) is 10.5 Å². The Kier molecular flexibility index (Phi) is 6.29. The Morgan fingerprint density at radius 1 is 1.30 bits per heavy atom. The normalized spacial score (nSPS) is 11.8. The fraction of sp³-hybridized carbons (Fsp3) is 0.571. The van der Waals surface area contributed by atoms with Crippen molar-refractivity contribution >= 4 is 21.2 Å². The molecule has 0 spiro atoms. The molecule has 0 fully saturated rings. The average molecular weight is 300 g/mol. The molecule has 0 radical (unpaired) electrons. The molecule has 0 aromatic heterocycles. The molecule has 0 saturated heterocycles. The van der Waals surface area contributed by atoms with Crippen LogP contribution in [0, 0.1) is 5.92 Å². The topological polar surface area (TPSA) is 81.4 Å². The van der Waals surface area contributed by atoms with Crippen LogP contribution >= 0.6 is 0 Å². The molecule has 0 heterocycles. The van der Waals surface area contributed by atoms with E-state index >= 15 is 0 Å². The number of hydrogen-bond donors (Lipinski definition) is 2. The number of sulfone groups is 1. The molecule has 5 nitrogen and oxygen atoms in total. The molecule has 0 atom stereocenters. The van der Waals surface area contributed by atoms with Crippen molar-refractivity contribution in [3.8, 4) is 0 Å². The molecule has 6 heteroatoms. The first-order valence-corrected chi connectivity index (χ1v) is 8.61. The van der Waals surface area contributed by atoms with Gasteiger partial charge in [0.25, 0.3) is 0 Å². The number of benzene rings is 1. The van der Waals surface area contributed by atoms with Crippen molar-refractivity contribution in [2.45, 2.75) is 25.2 Å². The van der Waals surface area contributed by atoms with Gasteiger partial charge in [-0.1, -0.05) is 13.8 Å². The first-order chi connectivity index (χ1) is 9.30. The summed E-state index contributed by atoms with van der Waals surface area (Å²) < 4.78 is 28.3. The van der Waals surface area contributed by atoms with E-state index in [0.29, 0.717) is 24.8 Å². The number of nitrogen functional groups attached to an aromatic ring is 1. The SMILES string of the molecule is CC(C)CCOCCNc1ccc(S(C)(=O)=O)cc1N. The molecule has 0 unspecified atom stereocenters. The minimum Gasteiger partial charge on any atom is -0.397 e. The molecule has 0 aliphatic rings. The fourth-order valence-electron chi connectivity index (χ4n) is 1.61. The second kappa shape index (κ2) is 7.50. The Balaban J connectivity index is 2.42. The standard InChI is InChI=1S/C14H24N2O3S/c1-11(2)6-8-19-9-7-16-14-5-4-12(10-13(14)15)20(3,17)18/h4-5,10-11,16H,6-9,15H2,1-3H3. The van der Waals surface area contributed by atoms with E-state index in [0.717, 1.165) is 25.0 Å². The zero-order valence-electron chi connectivity index (χ0n) is 12.3. The molecule has 0 saturated carbocycles. The van der Waals surface area contributed by atoms with Crippen LogP contribution in [0.4, 0.5) is 11.4 Å². The second-order valence-corrected chi connectivity index (χ2v) is 7.26. The summed E-state index contributed by atoms with van der Waals surface area (Å²) >= 11 is 0. The van der Waals surface area contributed by atoms with Crippen molar-refractivity contribution in [1.29, 1.82) is 0 Å². The molecule has 114 valence electrons. The van der Waals surface area contributed by atoms with E-state index in [2.05, 4.69) is 19.2 Å². The highest BCUT2D eigenvalue weighted by Crippen LogP contribution is 2.22. The van der Waals surface area contributed by atoms with Gasteiger partial charge in [-0.15, -0.1) is 0 Å². The lowest BCUT2D eigenvalue weighted by Crippen LogP contribution is -2.12. The average Bonchev–Trinajstić information content (AvgIpc) is 2.33. The van der Waals surface area contributed by atoms with E-state index in [1.54, 1.807) is 12.1 Å². The van der Waals surface area contributed by atoms with Crippen molar-refractivity contribution < 1.29 is 13.2 Å². The van der Waals surface area contributed by atoms with Gasteiger partial charge in [-0.2, -0.15) is 0 Å². The number of ether oxygens (including phenoxy) is 1. The molecule has 0 aliphatic carbocycles. The number of nitrogens with one attached hydrogen (secondary N) is 1. The largest absolute Gasteiger partial charge is 0.397 e. The minimum absolute atomic E-state index is 0.230. The Hall–Kier alpha value is -1.27. The zero-order chi connectivity index (χ0) is 15.2. The highest BCUT2D eigenvalue weighted by Gasteiger charge is 2.09. The Labute approximate surface area is 121 Å². The Morgan fingerprint density at radius 2 is 2.00 bits per heavy atom. The van der Waals surface area contributed by atoms with Crippen LogP contribution in [0.15, 0.2) is 23.1 Å². The van der Waals surface area contributed by atoms with Crippen LogP contribution in [0.5, 0.6) is 0 Å². The first kappa shape index (κ1) is 16.8. The molecular formula is C14H24N2O3S. The maximum absolute atomic E-state index is 11.4. The second-order valence-electron chi connectivity index (χ2n) is 5.24. The number of anilines is 2. The monoisotopic (exact) mass is 300 g/mol. The van der Waals surface area contributed by atoms with Crippen LogP contribution in [0.1, 0.15) is 20.3 Å². The zero-order valence-corrected chi connectivity index (χ0v) is 13.2. The first-order valence-electron chi connectivity index (χ1n) is 6.72. The molecular weight excluding hydrogens is 276 g/mol. The third-order valence-electron chi connectivity index (χ3n) is 2.85. The van der Waals surface area contributed by atoms with Gasteiger partial charge < -0.3 is 15.8 Å². The summed E-state index contributed by atoms with van der Waals surface area (Å²) in [6, 6.07) is 4.70. The van der Waals surface area contributed by atoms with Crippen LogP contribution in [-0.4, -0.2) is 34.4 Å². The summed E-state index contributed by atoms with van der Waals surface area (Å²) in [7, 11) is -3.22. The predicted molar refractivity (Wildman–Crippen MR) is 82.7 cm³/mol. The molecule has 20 heavy (non-hydrogen) atoms. The highest BCUT2D eigenvalue weighted by molar-refractivity contribution is 7.90.